The Labute approximate surface area is 89.6 Å². The van der Waals surface area contributed by atoms with Crippen molar-refractivity contribution in [1.29, 1.82) is 0 Å². The summed E-state index contributed by atoms with van der Waals surface area (Å²) in [5.74, 6) is -0.507. The van der Waals surface area contributed by atoms with Crippen molar-refractivity contribution in [1.82, 2.24) is 0 Å². The van der Waals surface area contributed by atoms with Gasteiger partial charge in [0.2, 0.25) is 0 Å². The Kier molecular flexibility index (Phi) is 3.59. The van der Waals surface area contributed by atoms with Gasteiger partial charge in [0, 0.05) is 14.2 Å². The second-order valence-corrected chi connectivity index (χ2v) is 6.43. The van der Waals surface area contributed by atoms with E-state index >= 15 is 0 Å². The Morgan fingerprint density at radius 2 is 1.73 bits per heavy atom. The molecule has 1 aliphatic carbocycles. The molecule has 0 aromatic heterocycles. The summed E-state index contributed by atoms with van der Waals surface area (Å²) in [6, 6.07) is 0. The zero-order valence-electron chi connectivity index (χ0n) is 9.48. The monoisotopic (exact) mass is 236 g/mol. The maximum absolute atomic E-state index is 12.3. The molecule has 0 amide bonds. The van der Waals surface area contributed by atoms with Crippen molar-refractivity contribution in [2.24, 2.45) is 5.92 Å². The molecule has 0 aromatic carbocycles. The minimum atomic E-state index is -3.44. The van der Waals surface area contributed by atoms with E-state index in [1.165, 1.54) is 21.3 Å². The predicted molar refractivity (Wildman–Crippen MR) is 54.8 cm³/mol. The topological polar surface area (TPSA) is 61.8 Å². The molecular weight excluding hydrogens is 219 g/mol. The number of ether oxygens (including phenoxy) is 1. The van der Waals surface area contributed by atoms with Gasteiger partial charge in [-0.3, -0.25) is 9.36 Å². The first-order valence-electron chi connectivity index (χ1n) is 4.76. The maximum Gasteiger partial charge on any atom is 0.347 e. The Morgan fingerprint density at radius 3 is 2.00 bits per heavy atom. The minimum Gasteiger partial charge on any atom is -0.468 e. The van der Waals surface area contributed by atoms with Crippen molar-refractivity contribution < 1.29 is 23.1 Å². The van der Waals surface area contributed by atoms with Gasteiger partial charge in [0.1, 0.15) is 0 Å². The molecule has 1 atom stereocenters. The van der Waals surface area contributed by atoms with E-state index in [0.29, 0.717) is 0 Å². The summed E-state index contributed by atoms with van der Waals surface area (Å²) in [6.07, 6.45) is 1.70. The molecule has 1 fully saturated rings. The summed E-state index contributed by atoms with van der Waals surface area (Å²) in [4.78, 5) is 11.7. The van der Waals surface area contributed by atoms with Crippen LogP contribution in [0.25, 0.3) is 0 Å². The normalized spacial score (nSPS) is 20.8. The van der Waals surface area contributed by atoms with Gasteiger partial charge in [-0.1, -0.05) is 0 Å². The molecule has 15 heavy (non-hydrogen) atoms. The number of hydrogen-bond donors (Lipinski definition) is 0. The van der Waals surface area contributed by atoms with Crippen LogP contribution in [0.4, 0.5) is 0 Å². The average Bonchev–Trinajstić information content (AvgIpc) is 3.09. The molecule has 0 bridgehead atoms. The van der Waals surface area contributed by atoms with Crippen molar-refractivity contribution in [2.75, 3.05) is 21.3 Å². The molecule has 6 heteroatoms. The van der Waals surface area contributed by atoms with E-state index < -0.39 is 18.7 Å². The Bertz CT molecular complexity index is 291. The lowest BCUT2D eigenvalue weighted by atomic mass is 10.1. The molecule has 0 saturated heterocycles. The van der Waals surface area contributed by atoms with Crippen LogP contribution >= 0.6 is 7.60 Å². The van der Waals surface area contributed by atoms with Gasteiger partial charge in [0.05, 0.1) is 7.11 Å². The van der Waals surface area contributed by atoms with E-state index in [0.717, 1.165) is 12.8 Å². The fraction of sp³-hybridized carbons (Fsp3) is 0.889. The van der Waals surface area contributed by atoms with Gasteiger partial charge < -0.3 is 13.8 Å². The molecule has 0 radical (unpaired) electrons. The van der Waals surface area contributed by atoms with Gasteiger partial charge >= 0.3 is 13.6 Å². The van der Waals surface area contributed by atoms with E-state index in [2.05, 4.69) is 0 Å². The number of methoxy groups -OCH3 is 1. The van der Waals surface area contributed by atoms with Gasteiger partial charge in [-0.15, -0.1) is 0 Å². The first-order valence-corrected chi connectivity index (χ1v) is 6.30. The van der Waals surface area contributed by atoms with Gasteiger partial charge in [0.25, 0.3) is 0 Å². The lowest BCUT2D eigenvalue weighted by Gasteiger charge is -2.31. The van der Waals surface area contributed by atoms with E-state index in [4.69, 9.17) is 13.8 Å². The zero-order valence-corrected chi connectivity index (χ0v) is 10.4. The highest BCUT2D eigenvalue weighted by Crippen LogP contribution is 2.66. The molecule has 1 saturated carbocycles. The van der Waals surface area contributed by atoms with Crippen LogP contribution in [-0.4, -0.2) is 32.5 Å². The third-order valence-corrected chi connectivity index (χ3v) is 5.67. The van der Waals surface area contributed by atoms with E-state index in [9.17, 15) is 9.36 Å². The fourth-order valence-electron chi connectivity index (χ4n) is 1.81. The van der Waals surface area contributed by atoms with Crippen molar-refractivity contribution in [3.05, 3.63) is 0 Å². The molecule has 1 unspecified atom stereocenters. The highest BCUT2D eigenvalue weighted by atomic mass is 31.2. The first kappa shape index (κ1) is 12.7. The minimum absolute atomic E-state index is 0.0238. The fourth-order valence-corrected chi connectivity index (χ4v) is 3.74. The Hall–Kier alpha value is -0.380. The van der Waals surface area contributed by atoms with Crippen LogP contribution in [-0.2, 0) is 23.1 Å². The second kappa shape index (κ2) is 4.24. The molecule has 0 heterocycles. The molecule has 1 rings (SSSR count). The number of hydrogen-bond acceptors (Lipinski definition) is 5. The van der Waals surface area contributed by atoms with Gasteiger partial charge in [-0.2, -0.15) is 0 Å². The smallest absolute Gasteiger partial charge is 0.347 e. The zero-order chi connectivity index (χ0) is 11.7. The molecule has 0 aliphatic heterocycles. The molecule has 0 aromatic rings. The van der Waals surface area contributed by atoms with Crippen molar-refractivity contribution >= 4 is 13.6 Å². The Morgan fingerprint density at radius 1 is 1.27 bits per heavy atom. The van der Waals surface area contributed by atoms with Crippen LogP contribution in [0.3, 0.4) is 0 Å². The summed E-state index contributed by atoms with van der Waals surface area (Å²) in [7, 11) is 0.404. The quantitative estimate of drug-likeness (QED) is 0.538. The van der Waals surface area contributed by atoms with Crippen LogP contribution in [0.5, 0.6) is 0 Å². The molecule has 5 nitrogen and oxygen atoms in total. The highest BCUT2D eigenvalue weighted by molar-refractivity contribution is 7.56. The van der Waals surface area contributed by atoms with E-state index in [1.54, 1.807) is 6.92 Å². The summed E-state index contributed by atoms with van der Waals surface area (Å²) < 4.78 is 26.8. The van der Waals surface area contributed by atoms with Crippen LogP contribution in [0.15, 0.2) is 0 Å². The Balaban J connectivity index is 3.10. The largest absolute Gasteiger partial charge is 0.468 e. The van der Waals surface area contributed by atoms with Crippen molar-refractivity contribution in [2.45, 2.75) is 24.9 Å². The molecule has 88 valence electrons. The summed E-state index contributed by atoms with van der Waals surface area (Å²) >= 11 is 0. The standard InChI is InChI=1S/C9H17O5P/c1-9(7-5-6-7,8(10)12-2)15(11,13-3)14-4/h7H,5-6H2,1-4H3. The number of carbonyl (C=O) groups excluding carboxylic acids is 1. The first-order chi connectivity index (χ1) is 6.96. The van der Waals surface area contributed by atoms with Crippen LogP contribution in [0, 0.1) is 5.92 Å². The van der Waals surface area contributed by atoms with Crippen LogP contribution in [0.2, 0.25) is 0 Å². The maximum atomic E-state index is 12.3. The van der Waals surface area contributed by atoms with E-state index in [1.807, 2.05) is 0 Å². The van der Waals surface area contributed by atoms with Gasteiger partial charge in [-0.05, 0) is 25.7 Å². The molecule has 1 aliphatic rings. The number of carbonyl (C=O) groups is 1. The number of rotatable bonds is 5. The summed E-state index contributed by atoms with van der Waals surface area (Å²) in [5, 5.41) is -1.18. The molecule has 0 N–H and O–H groups in total. The lowest BCUT2D eigenvalue weighted by molar-refractivity contribution is -0.144. The number of esters is 1. The molecular formula is C9H17O5P. The lowest BCUT2D eigenvalue weighted by Crippen LogP contribution is -2.39. The van der Waals surface area contributed by atoms with E-state index in [-0.39, 0.29) is 5.92 Å². The van der Waals surface area contributed by atoms with Gasteiger partial charge in [0.15, 0.2) is 5.16 Å². The highest BCUT2D eigenvalue weighted by Gasteiger charge is 2.61. The van der Waals surface area contributed by atoms with Crippen molar-refractivity contribution in [3.63, 3.8) is 0 Å². The second-order valence-electron chi connectivity index (χ2n) is 3.78. The third kappa shape index (κ3) is 1.84. The van der Waals surface area contributed by atoms with Crippen LogP contribution in [0.1, 0.15) is 19.8 Å². The van der Waals surface area contributed by atoms with Gasteiger partial charge in [-0.25, -0.2) is 0 Å². The van der Waals surface area contributed by atoms with Crippen molar-refractivity contribution in [3.8, 4) is 0 Å². The third-order valence-electron chi connectivity index (χ3n) is 3.02. The summed E-state index contributed by atoms with van der Waals surface area (Å²) in [5.41, 5.74) is 0. The molecule has 0 spiro atoms. The SMILES string of the molecule is COC(=O)C(C)(C1CC1)P(=O)(OC)OC. The van der Waals surface area contributed by atoms with Crippen LogP contribution < -0.4 is 0 Å². The predicted octanol–water partition coefficient (Wildman–Crippen LogP) is 1.81. The average molecular weight is 236 g/mol. The summed E-state index contributed by atoms with van der Waals surface area (Å²) in [6.45, 7) is 1.59.